The van der Waals surface area contributed by atoms with Gasteiger partial charge in [0.1, 0.15) is 11.3 Å². The molecule has 0 unspecified atom stereocenters. The second kappa shape index (κ2) is 9.50. The summed E-state index contributed by atoms with van der Waals surface area (Å²) in [5.74, 6) is 1.81. The monoisotopic (exact) mass is 413 g/mol. The summed E-state index contributed by atoms with van der Waals surface area (Å²) in [7, 11) is 3.81. The molecule has 1 aromatic heterocycles. The molecule has 1 aromatic carbocycles. The van der Waals surface area contributed by atoms with Gasteiger partial charge in [-0.1, -0.05) is 30.4 Å². The lowest BCUT2D eigenvalue weighted by molar-refractivity contribution is 0.413. The van der Waals surface area contributed by atoms with Gasteiger partial charge < -0.3 is 14.6 Å². The molecule has 0 saturated heterocycles. The van der Waals surface area contributed by atoms with Gasteiger partial charge in [0.05, 0.1) is 6.54 Å². The fourth-order valence-corrected chi connectivity index (χ4v) is 2.24. The largest absolute Gasteiger partial charge is 0.459 e. The number of rotatable bonds is 5. The van der Waals surface area contributed by atoms with Crippen molar-refractivity contribution in [3.05, 3.63) is 48.2 Å². The molecule has 0 spiro atoms. The minimum atomic E-state index is 0. The summed E-state index contributed by atoms with van der Waals surface area (Å²) >= 11 is 0. The molecule has 0 aliphatic rings. The number of nitrogens with zero attached hydrogens (tertiary/aromatic N) is 2. The predicted octanol–water partition coefficient (Wildman–Crippen LogP) is 4.02. The van der Waals surface area contributed by atoms with Crippen molar-refractivity contribution >= 4 is 40.9 Å². The smallest absolute Gasteiger partial charge is 0.193 e. The molecule has 0 amide bonds. The maximum absolute atomic E-state index is 5.84. The van der Waals surface area contributed by atoms with Crippen molar-refractivity contribution in [2.24, 2.45) is 4.99 Å². The van der Waals surface area contributed by atoms with Gasteiger partial charge >= 0.3 is 0 Å². The molecule has 120 valence electrons. The molecule has 0 aliphatic carbocycles. The van der Waals surface area contributed by atoms with Gasteiger partial charge in [0.15, 0.2) is 5.96 Å². The van der Waals surface area contributed by atoms with Crippen LogP contribution in [0, 0.1) is 0 Å². The van der Waals surface area contributed by atoms with E-state index < -0.39 is 0 Å². The first-order valence-corrected chi connectivity index (χ1v) is 7.25. The molecule has 22 heavy (non-hydrogen) atoms. The number of nitrogens with one attached hydrogen (secondary N) is 1. The molecule has 0 radical (unpaired) electrons. The number of aliphatic imine (C=N–C) groups is 1. The summed E-state index contributed by atoms with van der Waals surface area (Å²) in [5.41, 5.74) is 0.928. The highest BCUT2D eigenvalue weighted by atomic mass is 127. The third-order valence-electron chi connectivity index (χ3n) is 3.27. The average molecular weight is 413 g/mol. The van der Waals surface area contributed by atoms with Crippen molar-refractivity contribution in [3.8, 4) is 0 Å². The Morgan fingerprint density at radius 2 is 2.14 bits per heavy atom. The van der Waals surface area contributed by atoms with Crippen LogP contribution in [0.3, 0.4) is 0 Å². The Hall–Kier alpha value is -1.50. The summed E-state index contributed by atoms with van der Waals surface area (Å²) in [6.07, 6.45) is 5.19. The first-order chi connectivity index (χ1) is 10.2. The van der Waals surface area contributed by atoms with Crippen molar-refractivity contribution < 1.29 is 4.42 Å². The van der Waals surface area contributed by atoms with E-state index in [0.29, 0.717) is 6.54 Å². The lowest BCUT2D eigenvalue weighted by atomic mass is 10.2. The van der Waals surface area contributed by atoms with E-state index in [0.717, 1.165) is 35.7 Å². The molecular formula is C17H24IN3O. The molecule has 1 heterocycles. The Morgan fingerprint density at radius 3 is 2.82 bits per heavy atom. The fraction of sp³-hybridized carbons (Fsp3) is 0.353. The Balaban J connectivity index is 0.00000242. The van der Waals surface area contributed by atoms with Crippen molar-refractivity contribution in [3.63, 3.8) is 0 Å². The maximum Gasteiger partial charge on any atom is 0.193 e. The van der Waals surface area contributed by atoms with Crippen LogP contribution in [0.2, 0.25) is 0 Å². The number of fused-ring (bicyclic) bond motifs is 1. The second-order valence-electron chi connectivity index (χ2n) is 4.94. The lowest BCUT2D eigenvalue weighted by Gasteiger charge is -2.20. The Labute approximate surface area is 149 Å². The average Bonchev–Trinajstić information content (AvgIpc) is 2.89. The summed E-state index contributed by atoms with van der Waals surface area (Å²) in [4.78, 5) is 6.36. The zero-order chi connectivity index (χ0) is 15.1. The van der Waals surface area contributed by atoms with Crippen LogP contribution >= 0.6 is 24.0 Å². The first-order valence-electron chi connectivity index (χ1n) is 7.25. The van der Waals surface area contributed by atoms with Crippen LogP contribution in [0.4, 0.5) is 0 Å². The molecule has 4 nitrogen and oxygen atoms in total. The highest BCUT2D eigenvalue weighted by Gasteiger charge is 2.09. The van der Waals surface area contributed by atoms with E-state index in [-0.39, 0.29) is 24.0 Å². The molecule has 0 bridgehead atoms. The second-order valence-corrected chi connectivity index (χ2v) is 4.94. The molecule has 2 rings (SSSR count). The van der Waals surface area contributed by atoms with E-state index in [4.69, 9.17) is 4.42 Å². The lowest BCUT2D eigenvalue weighted by Crippen LogP contribution is -2.38. The number of hydrogen-bond acceptors (Lipinski definition) is 2. The van der Waals surface area contributed by atoms with Crippen LogP contribution in [0.5, 0.6) is 0 Å². The summed E-state index contributed by atoms with van der Waals surface area (Å²) < 4.78 is 5.84. The topological polar surface area (TPSA) is 40.8 Å². The summed E-state index contributed by atoms with van der Waals surface area (Å²) in [5, 5.41) is 4.48. The third kappa shape index (κ3) is 5.05. The van der Waals surface area contributed by atoms with Gasteiger partial charge in [-0.05, 0) is 25.5 Å². The maximum atomic E-state index is 5.84. The quantitative estimate of drug-likeness (QED) is 0.265. The van der Waals surface area contributed by atoms with Crippen LogP contribution in [-0.4, -0.2) is 31.5 Å². The van der Waals surface area contributed by atoms with Gasteiger partial charge in [-0.2, -0.15) is 0 Å². The van der Waals surface area contributed by atoms with Gasteiger partial charge in [-0.3, -0.25) is 4.99 Å². The molecule has 5 heteroatoms. The predicted molar refractivity (Wildman–Crippen MR) is 104 cm³/mol. The normalized spacial score (nSPS) is 11.7. The summed E-state index contributed by atoms with van der Waals surface area (Å²) in [6.45, 7) is 3.60. The van der Waals surface area contributed by atoms with Crippen LogP contribution in [0.15, 0.2) is 51.9 Å². The van der Waals surface area contributed by atoms with E-state index >= 15 is 0 Å². The van der Waals surface area contributed by atoms with E-state index in [1.165, 1.54) is 0 Å². The van der Waals surface area contributed by atoms with Crippen molar-refractivity contribution in [2.45, 2.75) is 19.9 Å². The molecule has 0 fully saturated rings. The number of halogens is 1. The Morgan fingerprint density at radius 1 is 1.36 bits per heavy atom. The van der Waals surface area contributed by atoms with E-state index in [9.17, 15) is 0 Å². The van der Waals surface area contributed by atoms with Crippen LogP contribution in [0.25, 0.3) is 11.0 Å². The van der Waals surface area contributed by atoms with Gasteiger partial charge in [-0.15, -0.1) is 24.0 Å². The Bertz CT molecular complexity index is 601. The van der Waals surface area contributed by atoms with Crippen molar-refractivity contribution in [1.82, 2.24) is 10.2 Å². The minimum absolute atomic E-state index is 0. The van der Waals surface area contributed by atoms with Gasteiger partial charge in [-0.25, -0.2) is 0 Å². The SMILES string of the molecule is C/C=C/CCNC(=NC)N(C)Cc1cc2ccccc2o1.I. The zero-order valence-electron chi connectivity index (χ0n) is 13.4. The first kappa shape index (κ1) is 18.5. The number of hydrogen-bond donors (Lipinski definition) is 1. The van der Waals surface area contributed by atoms with Crippen LogP contribution < -0.4 is 5.32 Å². The van der Waals surface area contributed by atoms with Crippen molar-refractivity contribution in [1.29, 1.82) is 0 Å². The highest BCUT2D eigenvalue weighted by Crippen LogP contribution is 2.19. The van der Waals surface area contributed by atoms with Gasteiger partial charge in [0.25, 0.3) is 0 Å². The molecule has 1 N–H and O–H groups in total. The van der Waals surface area contributed by atoms with E-state index in [2.05, 4.69) is 39.5 Å². The number of allylic oxidation sites excluding steroid dienone is 1. The van der Waals surface area contributed by atoms with E-state index in [1.54, 1.807) is 7.05 Å². The van der Waals surface area contributed by atoms with Gasteiger partial charge in [0, 0.05) is 26.0 Å². The minimum Gasteiger partial charge on any atom is -0.459 e. The third-order valence-corrected chi connectivity index (χ3v) is 3.27. The zero-order valence-corrected chi connectivity index (χ0v) is 15.7. The Kier molecular flexibility index (Phi) is 8.01. The number of guanidine groups is 1. The highest BCUT2D eigenvalue weighted by molar-refractivity contribution is 14.0. The number of benzene rings is 1. The van der Waals surface area contributed by atoms with Crippen LogP contribution in [0.1, 0.15) is 19.1 Å². The molecular weight excluding hydrogens is 389 g/mol. The molecule has 0 saturated carbocycles. The molecule has 0 atom stereocenters. The fourth-order valence-electron chi connectivity index (χ4n) is 2.24. The standard InChI is InChI=1S/C17H23N3O.HI/c1-4-5-8-11-19-17(18-2)20(3)13-15-12-14-9-6-7-10-16(14)21-15;/h4-7,9-10,12H,8,11,13H2,1-3H3,(H,18,19);1H/b5-4+;. The van der Waals surface area contributed by atoms with Crippen molar-refractivity contribution in [2.75, 3.05) is 20.6 Å². The number of furan rings is 1. The van der Waals surface area contributed by atoms with Gasteiger partial charge in [0.2, 0.25) is 0 Å². The van der Waals surface area contributed by atoms with Crippen LogP contribution in [-0.2, 0) is 6.54 Å². The summed E-state index contributed by atoms with van der Waals surface area (Å²) in [6, 6.07) is 10.1. The molecule has 2 aromatic rings. The number of para-hydroxylation sites is 1. The molecule has 0 aliphatic heterocycles. The van der Waals surface area contributed by atoms with E-state index in [1.807, 2.05) is 32.2 Å².